The van der Waals surface area contributed by atoms with Gasteiger partial charge in [0, 0.05) is 17.2 Å². The van der Waals surface area contributed by atoms with Gasteiger partial charge in [0.15, 0.2) is 5.65 Å². The smallest absolute Gasteiger partial charge is 0.160 e. The Morgan fingerprint density at radius 1 is 1.40 bits per heavy atom. The highest BCUT2D eigenvalue weighted by molar-refractivity contribution is 6.29. The van der Waals surface area contributed by atoms with E-state index in [0.717, 1.165) is 24.1 Å². The SMILES string of the molecule is Fc1c[c]ccc1-c1cc(Cl)nc2c(C3CC3)cnn12. The lowest BCUT2D eigenvalue weighted by Crippen LogP contribution is -1.98. The number of benzene rings is 1. The number of nitrogens with zero attached hydrogens (tertiary/aromatic N) is 3. The highest BCUT2D eigenvalue weighted by Crippen LogP contribution is 2.42. The summed E-state index contributed by atoms with van der Waals surface area (Å²) in [5.74, 6) is 0.166. The number of hydrogen-bond donors (Lipinski definition) is 0. The van der Waals surface area contributed by atoms with Gasteiger partial charge >= 0.3 is 0 Å². The molecule has 0 atom stereocenters. The molecule has 4 rings (SSSR count). The van der Waals surface area contributed by atoms with Gasteiger partial charge in [-0.1, -0.05) is 17.7 Å². The van der Waals surface area contributed by atoms with Crippen molar-refractivity contribution >= 4 is 17.2 Å². The van der Waals surface area contributed by atoms with Gasteiger partial charge in [-0.25, -0.2) is 13.9 Å². The predicted molar refractivity (Wildman–Crippen MR) is 74.2 cm³/mol. The molecule has 2 heterocycles. The lowest BCUT2D eigenvalue weighted by Gasteiger charge is -2.07. The first-order valence-corrected chi connectivity index (χ1v) is 6.82. The summed E-state index contributed by atoms with van der Waals surface area (Å²) in [7, 11) is 0. The molecule has 2 aromatic heterocycles. The topological polar surface area (TPSA) is 30.2 Å². The zero-order valence-electron chi connectivity index (χ0n) is 10.5. The van der Waals surface area contributed by atoms with Crippen molar-refractivity contribution in [3.05, 3.63) is 53.1 Å². The van der Waals surface area contributed by atoms with Crippen LogP contribution in [0.5, 0.6) is 0 Å². The molecule has 1 aromatic carbocycles. The molecule has 0 amide bonds. The minimum absolute atomic E-state index is 0.348. The van der Waals surface area contributed by atoms with E-state index in [9.17, 15) is 4.39 Å². The summed E-state index contributed by atoms with van der Waals surface area (Å²) < 4.78 is 15.6. The molecule has 0 saturated heterocycles. The Labute approximate surface area is 120 Å². The van der Waals surface area contributed by atoms with Crippen molar-refractivity contribution in [3.8, 4) is 11.3 Å². The first-order chi connectivity index (χ1) is 9.74. The van der Waals surface area contributed by atoms with Crippen molar-refractivity contribution in [3.63, 3.8) is 0 Å². The zero-order valence-corrected chi connectivity index (χ0v) is 11.2. The second-order valence-electron chi connectivity index (χ2n) is 4.98. The maximum Gasteiger partial charge on any atom is 0.160 e. The summed E-state index contributed by atoms with van der Waals surface area (Å²) in [5.41, 5.74) is 2.88. The summed E-state index contributed by atoms with van der Waals surface area (Å²) in [6.07, 6.45) is 4.12. The molecule has 99 valence electrons. The Morgan fingerprint density at radius 3 is 3.00 bits per heavy atom. The van der Waals surface area contributed by atoms with Crippen molar-refractivity contribution in [1.82, 2.24) is 14.6 Å². The van der Waals surface area contributed by atoms with E-state index in [0.29, 0.717) is 22.3 Å². The molecule has 0 bridgehead atoms. The first-order valence-electron chi connectivity index (χ1n) is 6.44. The number of aromatic nitrogens is 3. The largest absolute Gasteiger partial charge is 0.217 e. The van der Waals surface area contributed by atoms with E-state index >= 15 is 0 Å². The van der Waals surface area contributed by atoms with Gasteiger partial charge in [-0.2, -0.15) is 5.10 Å². The van der Waals surface area contributed by atoms with Gasteiger partial charge in [-0.3, -0.25) is 0 Å². The fourth-order valence-corrected chi connectivity index (χ4v) is 2.63. The van der Waals surface area contributed by atoms with Crippen molar-refractivity contribution in [1.29, 1.82) is 0 Å². The molecule has 0 aliphatic heterocycles. The summed E-state index contributed by atoms with van der Waals surface area (Å²) in [6, 6.07) is 8.99. The van der Waals surface area contributed by atoms with Crippen molar-refractivity contribution in [2.75, 3.05) is 0 Å². The van der Waals surface area contributed by atoms with E-state index < -0.39 is 0 Å². The molecule has 3 aromatic rings. The fourth-order valence-electron chi connectivity index (χ4n) is 2.44. The van der Waals surface area contributed by atoms with Crippen LogP contribution in [-0.4, -0.2) is 14.6 Å². The summed E-state index contributed by atoms with van der Waals surface area (Å²) >= 11 is 6.10. The zero-order chi connectivity index (χ0) is 13.7. The van der Waals surface area contributed by atoms with Crippen LogP contribution >= 0.6 is 11.6 Å². The molecular formula is C15H10ClFN3. The molecule has 1 radical (unpaired) electrons. The van der Waals surface area contributed by atoms with Gasteiger partial charge in [0.1, 0.15) is 11.0 Å². The second-order valence-corrected chi connectivity index (χ2v) is 5.37. The van der Waals surface area contributed by atoms with E-state index in [1.54, 1.807) is 22.7 Å². The molecule has 1 saturated carbocycles. The Kier molecular flexibility index (Phi) is 2.54. The van der Waals surface area contributed by atoms with E-state index in [4.69, 9.17) is 11.6 Å². The summed E-state index contributed by atoms with van der Waals surface area (Å²) in [5, 5.41) is 4.71. The highest BCUT2D eigenvalue weighted by Gasteiger charge is 2.28. The molecule has 3 nitrogen and oxygen atoms in total. The van der Waals surface area contributed by atoms with Gasteiger partial charge in [0.05, 0.1) is 11.9 Å². The Bertz CT molecular complexity index is 808. The summed E-state index contributed by atoms with van der Waals surface area (Å²) in [6.45, 7) is 0. The highest BCUT2D eigenvalue weighted by atomic mass is 35.5. The van der Waals surface area contributed by atoms with Crippen LogP contribution in [0.2, 0.25) is 5.15 Å². The van der Waals surface area contributed by atoms with E-state index in [1.165, 1.54) is 6.07 Å². The predicted octanol–water partition coefficient (Wildman–Crippen LogP) is 3.87. The monoisotopic (exact) mass is 286 g/mol. The van der Waals surface area contributed by atoms with Gasteiger partial charge in [-0.15, -0.1) is 0 Å². The second kappa shape index (κ2) is 4.28. The quantitative estimate of drug-likeness (QED) is 0.670. The van der Waals surface area contributed by atoms with Crippen LogP contribution in [0.3, 0.4) is 0 Å². The summed E-state index contributed by atoms with van der Waals surface area (Å²) in [4.78, 5) is 4.35. The average Bonchev–Trinajstić information content (AvgIpc) is 3.19. The Morgan fingerprint density at radius 2 is 2.25 bits per heavy atom. The van der Waals surface area contributed by atoms with Crippen LogP contribution in [-0.2, 0) is 0 Å². The molecule has 0 spiro atoms. The van der Waals surface area contributed by atoms with Crippen LogP contribution in [0.4, 0.5) is 4.39 Å². The third-order valence-electron chi connectivity index (χ3n) is 3.57. The third kappa shape index (κ3) is 1.79. The van der Waals surface area contributed by atoms with Crippen LogP contribution < -0.4 is 0 Å². The van der Waals surface area contributed by atoms with E-state index in [1.807, 2.05) is 6.20 Å². The Hall–Kier alpha value is -1.94. The van der Waals surface area contributed by atoms with Crippen LogP contribution in [0.1, 0.15) is 24.3 Å². The minimum Gasteiger partial charge on any atom is -0.217 e. The number of hydrogen-bond acceptors (Lipinski definition) is 2. The van der Waals surface area contributed by atoms with Gasteiger partial charge in [-0.05, 0) is 37.0 Å². The number of halogens is 2. The van der Waals surface area contributed by atoms with Crippen molar-refractivity contribution < 1.29 is 4.39 Å². The molecule has 5 heteroatoms. The molecule has 0 N–H and O–H groups in total. The average molecular weight is 287 g/mol. The molecule has 20 heavy (non-hydrogen) atoms. The lowest BCUT2D eigenvalue weighted by atomic mass is 10.1. The lowest BCUT2D eigenvalue weighted by molar-refractivity contribution is 0.629. The maximum atomic E-state index is 14.0. The van der Waals surface area contributed by atoms with Crippen molar-refractivity contribution in [2.24, 2.45) is 0 Å². The first kappa shape index (κ1) is 11.9. The molecule has 1 fully saturated rings. The molecule has 0 unspecified atom stereocenters. The number of fused-ring (bicyclic) bond motifs is 1. The fraction of sp³-hybridized carbons (Fsp3) is 0.200. The van der Waals surface area contributed by atoms with Crippen LogP contribution in [0.25, 0.3) is 16.9 Å². The molecular weight excluding hydrogens is 277 g/mol. The van der Waals surface area contributed by atoms with Gasteiger partial charge in [0.2, 0.25) is 0 Å². The van der Waals surface area contributed by atoms with E-state index in [-0.39, 0.29) is 5.82 Å². The van der Waals surface area contributed by atoms with Gasteiger partial charge < -0.3 is 0 Å². The molecule has 1 aliphatic carbocycles. The third-order valence-corrected chi connectivity index (χ3v) is 3.77. The van der Waals surface area contributed by atoms with Crippen LogP contribution in [0.15, 0.2) is 30.5 Å². The van der Waals surface area contributed by atoms with Crippen LogP contribution in [0, 0.1) is 11.9 Å². The standard InChI is InChI=1S/C15H10ClFN3/c16-14-7-13(10-3-1-2-4-12(10)17)20-15(19-14)11(8-18-20)9-5-6-9/h1,3-4,7-9H,5-6H2. The molecule has 1 aliphatic rings. The number of rotatable bonds is 2. The van der Waals surface area contributed by atoms with Gasteiger partial charge in [0.25, 0.3) is 0 Å². The van der Waals surface area contributed by atoms with E-state index in [2.05, 4.69) is 16.1 Å². The maximum absolute atomic E-state index is 14.0. The minimum atomic E-state index is -0.348. The van der Waals surface area contributed by atoms with Crippen molar-refractivity contribution in [2.45, 2.75) is 18.8 Å². The normalized spacial score (nSPS) is 14.9. The Balaban J connectivity index is 2.02.